The molecule has 2 rings (SSSR count). The van der Waals surface area contributed by atoms with Gasteiger partial charge in [0.05, 0.1) is 6.61 Å². The lowest BCUT2D eigenvalue weighted by Gasteiger charge is -2.26. The summed E-state index contributed by atoms with van der Waals surface area (Å²) in [6.07, 6.45) is 5.26. The number of hydrogen-bond donors (Lipinski definition) is 0. The van der Waals surface area contributed by atoms with Crippen molar-refractivity contribution in [1.82, 2.24) is 0 Å². The summed E-state index contributed by atoms with van der Waals surface area (Å²) < 4.78 is 5.64. The van der Waals surface area contributed by atoms with E-state index in [4.69, 9.17) is 14.5 Å². The normalized spacial score (nSPS) is 36.9. The minimum Gasteiger partial charge on any atom is -0.347 e. The van der Waals surface area contributed by atoms with Crippen LogP contribution in [0.1, 0.15) is 39.0 Å². The standard InChI is InChI=1S/C10H16O4/c1-9(8-11)6-7-12-10(14-13-9)4-2-3-5-10/h8H,2-7H2,1H3. The number of rotatable bonds is 1. The predicted octanol–water partition coefficient (Wildman–Crippen LogP) is 1.58. The minimum absolute atomic E-state index is 0.523. The van der Waals surface area contributed by atoms with Crippen LogP contribution < -0.4 is 0 Å². The summed E-state index contributed by atoms with van der Waals surface area (Å²) >= 11 is 0. The Balaban J connectivity index is 2.03. The molecule has 2 aliphatic rings. The Hall–Kier alpha value is -0.450. The van der Waals surface area contributed by atoms with Crippen LogP contribution in [0.5, 0.6) is 0 Å². The average Bonchev–Trinajstić information content (AvgIpc) is 2.57. The first-order valence-electron chi connectivity index (χ1n) is 5.15. The van der Waals surface area contributed by atoms with Crippen LogP contribution in [0.15, 0.2) is 0 Å². The molecule has 1 aliphatic carbocycles. The molecule has 1 saturated heterocycles. The molecule has 14 heavy (non-hydrogen) atoms. The van der Waals surface area contributed by atoms with E-state index in [2.05, 4.69) is 0 Å². The molecule has 0 aromatic carbocycles. The van der Waals surface area contributed by atoms with Crippen LogP contribution in [0.3, 0.4) is 0 Å². The number of aldehydes is 1. The second-order valence-corrected chi connectivity index (χ2v) is 4.31. The van der Waals surface area contributed by atoms with Gasteiger partial charge in [-0.15, -0.1) is 0 Å². The van der Waals surface area contributed by atoms with Gasteiger partial charge in [-0.2, -0.15) is 0 Å². The van der Waals surface area contributed by atoms with Gasteiger partial charge in [0.15, 0.2) is 11.9 Å². The minimum atomic E-state index is -0.841. The maximum absolute atomic E-state index is 10.8. The molecule has 0 bridgehead atoms. The summed E-state index contributed by atoms with van der Waals surface area (Å²) in [6.45, 7) is 2.24. The maximum atomic E-state index is 10.8. The fourth-order valence-corrected chi connectivity index (χ4v) is 1.90. The summed E-state index contributed by atoms with van der Waals surface area (Å²) in [5.74, 6) is -0.569. The summed E-state index contributed by atoms with van der Waals surface area (Å²) in [4.78, 5) is 21.3. The first-order valence-corrected chi connectivity index (χ1v) is 5.15. The van der Waals surface area contributed by atoms with Crippen molar-refractivity contribution >= 4 is 6.29 Å². The van der Waals surface area contributed by atoms with Gasteiger partial charge in [0.1, 0.15) is 0 Å². The van der Waals surface area contributed by atoms with Crippen LogP contribution in [0, 0.1) is 0 Å². The predicted molar refractivity (Wildman–Crippen MR) is 48.4 cm³/mol. The number of carbonyl (C=O) groups excluding carboxylic acids is 1. The van der Waals surface area contributed by atoms with Crippen molar-refractivity contribution in [3.8, 4) is 0 Å². The topological polar surface area (TPSA) is 44.8 Å². The molecule has 4 heteroatoms. The summed E-state index contributed by atoms with van der Waals surface area (Å²) in [7, 11) is 0. The second-order valence-electron chi connectivity index (χ2n) is 4.31. The quantitative estimate of drug-likeness (QED) is 0.476. The highest BCUT2D eigenvalue weighted by Crippen LogP contribution is 2.38. The molecule has 1 unspecified atom stereocenters. The third-order valence-corrected chi connectivity index (χ3v) is 2.96. The van der Waals surface area contributed by atoms with Gasteiger partial charge < -0.3 is 9.53 Å². The highest BCUT2D eigenvalue weighted by molar-refractivity contribution is 5.61. The summed E-state index contributed by atoms with van der Waals surface area (Å²) in [6, 6.07) is 0. The van der Waals surface area contributed by atoms with Crippen molar-refractivity contribution in [2.75, 3.05) is 6.61 Å². The summed E-state index contributed by atoms with van der Waals surface area (Å²) in [5, 5.41) is 0. The zero-order chi connectivity index (χ0) is 10.1. The van der Waals surface area contributed by atoms with Gasteiger partial charge in [0, 0.05) is 19.3 Å². The van der Waals surface area contributed by atoms with Crippen LogP contribution in [-0.2, 0) is 19.3 Å². The molecule has 0 aromatic heterocycles. The Morgan fingerprint density at radius 2 is 1.86 bits per heavy atom. The van der Waals surface area contributed by atoms with Crippen molar-refractivity contribution in [3.05, 3.63) is 0 Å². The van der Waals surface area contributed by atoms with Gasteiger partial charge in [0.25, 0.3) is 0 Å². The van der Waals surface area contributed by atoms with E-state index < -0.39 is 11.4 Å². The lowest BCUT2D eigenvalue weighted by Crippen LogP contribution is -2.34. The molecule has 0 amide bonds. The number of hydrogen-bond acceptors (Lipinski definition) is 4. The fraction of sp³-hybridized carbons (Fsp3) is 0.900. The largest absolute Gasteiger partial charge is 0.347 e. The molecule has 80 valence electrons. The first kappa shape index (κ1) is 10.1. The van der Waals surface area contributed by atoms with Crippen molar-refractivity contribution in [2.24, 2.45) is 0 Å². The maximum Gasteiger partial charge on any atom is 0.201 e. The van der Waals surface area contributed by atoms with Gasteiger partial charge in [-0.25, -0.2) is 9.78 Å². The van der Waals surface area contributed by atoms with Gasteiger partial charge in [-0.3, -0.25) is 0 Å². The van der Waals surface area contributed by atoms with E-state index >= 15 is 0 Å². The van der Waals surface area contributed by atoms with Crippen LogP contribution in [0.2, 0.25) is 0 Å². The van der Waals surface area contributed by atoms with E-state index in [0.717, 1.165) is 32.0 Å². The van der Waals surface area contributed by atoms with E-state index in [9.17, 15) is 4.79 Å². The lowest BCUT2D eigenvalue weighted by atomic mass is 10.1. The van der Waals surface area contributed by atoms with Gasteiger partial charge in [-0.1, -0.05) is 0 Å². The number of ether oxygens (including phenoxy) is 1. The number of carbonyl (C=O) groups is 1. The SMILES string of the molecule is CC1(C=O)CCOC2(CCCC2)OO1. The van der Waals surface area contributed by atoms with Crippen LogP contribution in [0.25, 0.3) is 0 Å². The molecule has 0 radical (unpaired) electrons. The Kier molecular flexibility index (Phi) is 2.60. The van der Waals surface area contributed by atoms with E-state index in [1.807, 2.05) is 0 Å². The van der Waals surface area contributed by atoms with Crippen LogP contribution in [-0.4, -0.2) is 24.3 Å². The van der Waals surface area contributed by atoms with E-state index in [1.165, 1.54) is 0 Å². The molecular weight excluding hydrogens is 184 g/mol. The van der Waals surface area contributed by atoms with Crippen LogP contribution >= 0.6 is 0 Å². The van der Waals surface area contributed by atoms with Crippen molar-refractivity contribution in [3.63, 3.8) is 0 Å². The molecule has 1 spiro atoms. The van der Waals surface area contributed by atoms with E-state index in [1.54, 1.807) is 6.92 Å². The summed E-state index contributed by atoms with van der Waals surface area (Å²) in [5.41, 5.74) is -0.841. The third-order valence-electron chi connectivity index (χ3n) is 2.96. The fourth-order valence-electron chi connectivity index (χ4n) is 1.90. The molecule has 1 aliphatic heterocycles. The van der Waals surface area contributed by atoms with Crippen LogP contribution in [0.4, 0.5) is 0 Å². The first-order chi connectivity index (χ1) is 6.68. The average molecular weight is 200 g/mol. The molecule has 0 aromatic rings. The Bertz CT molecular complexity index is 222. The molecule has 1 atom stereocenters. The highest BCUT2D eigenvalue weighted by Gasteiger charge is 2.43. The Morgan fingerprint density at radius 3 is 2.50 bits per heavy atom. The van der Waals surface area contributed by atoms with Gasteiger partial charge >= 0.3 is 0 Å². The van der Waals surface area contributed by atoms with Gasteiger partial charge in [0.2, 0.25) is 5.79 Å². The van der Waals surface area contributed by atoms with Crippen molar-refractivity contribution < 1.29 is 19.3 Å². The monoisotopic (exact) mass is 200 g/mol. The van der Waals surface area contributed by atoms with Gasteiger partial charge in [-0.05, 0) is 19.8 Å². The van der Waals surface area contributed by atoms with E-state index in [0.29, 0.717) is 13.0 Å². The molecule has 1 saturated carbocycles. The van der Waals surface area contributed by atoms with E-state index in [-0.39, 0.29) is 0 Å². The van der Waals surface area contributed by atoms with Crippen molar-refractivity contribution in [1.29, 1.82) is 0 Å². The second kappa shape index (κ2) is 3.61. The zero-order valence-corrected chi connectivity index (χ0v) is 8.45. The Morgan fingerprint density at radius 1 is 1.14 bits per heavy atom. The molecule has 0 N–H and O–H groups in total. The third kappa shape index (κ3) is 1.82. The molecule has 2 fully saturated rings. The van der Waals surface area contributed by atoms with Crippen molar-refractivity contribution in [2.45, 2.75) is 50.4 Å². The zero-order valence-electron chi connectivity index (χ0n) is 8.45. The Labute approximate surface area is 83.4 Å². The smallest absolute Gasteiger partial charge is 0.201 e. The lowest BCUT2D eigenvalue weighted by molar-refractivity contribution is -0.436. The molecule has 1 heterocycles. The molecular formula is C10H16O4. The molecule has 4 nitrogen and oxygen atoms in total. The highest BCUT2D eigenvalue weighted by atomic mass is 17.2.